The summed E-state index contributed by atoms with van der Waals surface area (Å²) in [6.45, 7) is 3.34. The van der Waals surface area contributed by atoms with Crippen LogP contribution in [0.2, 0.25) is 0 Å². The second-order valence-corrected chi connectivity index (χ2v) is 6.51. The van der Waals surface area contributed by atoms with Gasteiger partial charge in [-0.15, -0.1) is 10.2 Å². The maximum absolute atomic E-state index is 12.9. The number of amides is 2. The molecule has 2 aliphatic heterocycles. The highest BCUT2D eigenvalue weighted by molar-refractivity contribution is 7.99. The summed E-state index contributed by atoms with van der Waals surface area (Å²) < 4.78 is 39.7. The lowest BCUT2D eigenvalue weighted by Crippen LogP contribution is -2.50. The van der Waals surface area contributed by atoms with E-state index >= 15 is 0 Å². The van der Waals surface area contributed by atoms with Crippen LogP contribution in [0, 0.1) is 0 Å². The first kappa shape index (κ1) is 15.4. The van der Waals surface area contributed by atoms with Gasteiger partial charge in [-0.3, -0.25) is 0 Å². The van der Waals surface area contributed by atoms with E-state index in [-0.39, 0.29) is 24.9 Å². The SMILES string of the molecule is CC1c2nnc(C(F)(F)F)n2CCN1C(=O)N1CCSCC1. The molecule has 0 spiro atoms. The van der Waals surface area contributed by atoms with Gasteiger partial charge in [0, 0.05) is 37.7 Å². The topological polar surface area (TPSA) is 54.3 Å². The summed E-state index contributed by atoms with van der Waals surface area (Å²) in [7, 11) is 0. The van der Waals surface area contributed by atoms with Crippen molar-refractivity contribution in [2.75, 3.05) is 31.1 Å². The van der Waals surface area contributed by atoms with E-state index < -0.39 is 18.0 Å². The Morgan fingerprint density at radius 3 is 2.50 bits per heavy atom. The molecule has 1 atom stereocenters. The number of halogens is 3. The van der Waals surface area contributed by atoms with Crippen LogP contribution in [0.25, 0.3) is 0 Å². The standard InChI is InChI=1S/C12H16F3N5OS/c1-8-9-16-17-10(12(13,14)15)20(9)3-2-19(8)11(21)18-4-6-22-7-5-18/h8H,2-7H2,1H3. The van der Waals surface area contributed by atoms with Gasteiger partial charge in [-0.05, 0) is 6.92 Å². The number of hydrogen-bond acceptors (Lipinski definition) is 4. The van der Waals surface area contributed by atoms with E-state index in [0.29, 0.717) is 13.1 Å². The summed E-state index contributed by atoms with van der Waals surface area (Å²) in [4.78, 5) is 15.9. The van der Waals surface area contributed by atoms with Crippen molar-refractivity contribution >= 4 is 17.8 Å². The summed E-state index contributed by atoms with van der Waals surface area (Å²) in [6, 6.07) is -0.643. The number of carbonyl (C=O) groups excluding carboxylic acids is 1. The largest absolute Gasteiger partial charge is 0.451 e. The van der Waals surface area contributed by atoms with Crippen LogP contribution >= 0.6 is 11.8 Å². The molecule has 0 aromatic carbocycles. The molecule has 6 nitrogen and oxygen atoms in total. The number of urea groups is 1. The van der Waals surface area contributed by atoms with Gasteiger partial charge in [0.1, 0.15) is 0 Å². The average molecular weight is 335 g/mol. The van der Waals surface area contributed by atoms with Gasteiger partial charge in [-0.1, -0.05) is 0 Å². The molecule has 1 saturated heterocycles. The molecule has 0 bridgehead atoms. The fourth-order valence-electron chi connectivity index (χ4n) is 2.79. The zero-order valence-electron chi connectivity index (χ0n) is 12.0. The highest BCUT2D eigenvalue weighted by atomic mass is 32.2. The fraction of sp³-hybridized carbons (Fsp3) is 0.750. The Hall–Kier alpha value is -1.45. The highest BCUT2D eigenvalue weighted by Gasteiger charge is 2.42. The van der Waals surface area contributed by atoms with Gasteiger partial charge < -0.3 is 14.4 Å². The third kappa shape index (κ3) is 2.64. The molecule has 1 aromatic rings. The first-order chi connectivity index (χ1) is 10.4. The van der Waals surface area contributed by atoms with Crippen LogP contribution in [0.15, 0.2) is 0 Å². The number of thioether (sulfide) groups is 1. The maximum Gasteiger partial charge on any atom is 0.451 e. The molecular weight excluding hydrogens is 319 g/mol. The second-order valence-electron chi connectivity index (χ2n) is 5.28. The van der Waals surface area contributed by atoms with Gasteiger partial charge in [0.2, 0.25) is 5.82 Å². The molecule has 0 aliphatic carbocycles. The Morgan fingerprint density at radius 1 is 1.18 bits per heavy atom. The molecule has 3 heterocycles. The Morgan fingerprint density at radius 2 is 1.86 bits per heavy atom. The van der Waals surface area contributed by atoms with Crippen LogP contribution in [0.1, 0.15) is 24.6 Å². The molecule has 0 saturated carbocycles. The number of nitrogens with zero attached hydrogens (tertiary/aromatic N) is 5. The number of rotatable bonds is 0. The molecule has 22 heavy (non-hydrogen) atoms. The van der Waals surface area contributed by atoms with Crippen LogP contribution in [-0.4, -0.2) is 61.7 Å². The van der Waals surface area contributed by atoms with Gasteiger partial charge in [-0.2, -0.15) is 24.9 Å². The zero-order valence-corrected chi connectivity index (χ0v) is 12.8. The molecule has 10 heteroatoms. The summed E-state index contributed by atoms with van der Waals surface area (Å²) in [6.07, 6.45) is -4.53. The minimum Gasteiger partial charge on any atom is -0.323 e. The molecular formula is C12H16F3N5OS. The summed E-state index contributed by atoms with van der Waals surface area (Å²) in [5.41, 5.74) is 0. The van der Waals surface area contributed by atoms with Crippen molar-refractivity contribution in [3.05, 3.63) is 11.6 Å². The minimum atomic E-state index is -4.53. The van der Waals surface area contributed by atoms with E-state index in [1.54, 1.807) is 28.5 Å². The van der Waals surface area contributed by atoms with Crippen LogP contribution in [-0.2, 0) is 12.7 Å². The number of hydrogen-bond donors (Lipinski definition) is 0. The monoisotopic (exact) mass is 335 g/mol. The van der Waals surface area contributed by atoms with E-state index in [9.17, 15) is 18.0 Å². The lowest BCUT2D eigenvalue weighted by molar-refractivity contribution is -0.148. The lowest BCUT2D eigenvalue weighted by atomic mass is 10.2. The summed E-state index contributed by atoms with van der Waals surface area (Å²) in [5, 5.41) is 6.92. The van der Waals surface area contributed by atoms with Crippen molar-refractivity contribution in [1.29, 1.82) is 0 Å². The van der Waals surface area contributed by atoms with Gasteiger partial charge in [-0.25, -0.2) is 4.79 Å². The molecule has 1 unspecified atom stereocenters. The Balaban J connectivity index is 1.81. The predicted molar refractivity (Wildman–Crippen MR) is 74.4 cm³/mol. The van der Waals surface area contributed by atoms with Gasteiger partial charge in [0.15, 0.2) is 5.82 Å². The second kappa shape index (κ2) is 5.64. The van der Waals surface area contributed by atoms with Crippen LogP contribution in [0.3, 0.4) is 0 Å². The number of alkyl halides is 3. The number of fused-ring (bicyclic) bond motifs is 1. The third-order valence-corrected chi connectivity index (χ3v) is 4.91. The van der Waals surface area contributed by atoms with Crippen LogP contribution in [0.5, 0.6) is 0 Å². The van der Waals surface area contributed by atoms with Crippen molar-refractivity contribution in [2.45, 2.75) is 25.7 Å². The van der Waals surface area contributed by atoms with Crippen LogP contribution in [0.4, 0.5) is 18.0 Å². The van der Waals surface area contributed by atoms with E-state index in [2.05, 4.69) is 10.2 Å². The van der Waals surface area contributed by atoms with Gasteiger partial charge in [0.05, 0.1) is 6.04 Å². The fourth-order valence-corrected chi connectivity index (χ4v) is 3.70. The lowest BCUT2D eigenvalue weighted by Gasteiger charge is -2.38. The van der Waals surface area contributed by atoms with Crippen molar-refractivity contribution < 1.29 is 18.0 Å². The smallest absolute Gasteiger partial charge is 0.323 e. The Bertz CT molecular complexity index is 570. The Kier molecular flexibility index (Phi) is 3.96. The third-order valence-electron chi connectivity index (χ3n) is 3.97. The first-order valence-corrected chi connectivity index (χ1v) is 8.18. The van der Waals surface area contributed by atoms with Crippen molar-refractivity contribution in [1.82, 2.24) is 24.6 Å². The zero-order chi connectivity index (χ0) is 15.9. The number of carbonyl (C=O) groups is 1. The molecule has 3 rings (SSSR count). The van der Waals surface area contributed by atoms with Crippen LogP contribution < -0.4 is 0 Å². The van der Waals surface area contributed by atoms with Crippen molar-refractivity contribution in [2.24, 2.45) is 0 Å². The predicted octanol–water partition coefficient (Wildman–Crippen LogP) is 1.84. The average Bonchev–Trinajstić information content (AvgIpc) is 2.93. The minimum absolute atomic E-state index is 0.0653. The molecule has 1 aromatic heterocycles. The molecule has 1 fully saturated rings. The molecule has 122 valence electrons. The van der Waals surface area contributed by atoms with Gasteiger partial charge >= 0.3 is 12.2 Å². The van der Waals surface area contributed by atoms with Gasteiger partial charge in [0.25, 0.3) is 0 Å². The molecule has 2 amide bonds. The normalized spacial score (nSPS) is 22.6. The van der Waals surface area contributed by atoms with E-state index in [1.807, 2.05) is 0 Å². The summed E-state index contributed by atoms with van der Waals surface area (Å²) >= 11 is 1.79. The maximum atomic E-state index is 12.9. The van der Waals surface area contributed by atoms with E-state index in [0.717, 1.165) is 16.1 Å². The highest BCUT2D eigenvalue weighted by Crippen LogP contribution is 2.33. The molecule has 0 N–H and O–H groups in total. The summed E-state index contributed by atoms with van der Waals surface area (Å²) in [5.74, 6) is 0.985. The van der Waals surface area contributed by atoms with E-state index in [1.165, 1.54) is 0 Å². The van der Waals surface area contributed by atoms with Crippen molar-refractivity contribution in [3.63, 3.8) is 0 Å². The first-order valence-electron chi connectivity index (χ1n) is 7.03. The molecule has 2 aliphatic rings. The van der Waals surface area contributed by atoms with Crippen molar-refractivity contribution in [3.8, 4) is 0 Å². The van der Waals surface area contributed by atoms with E-state index in [4.69, 9.17) is 0 Å². The quantitative estimate of drug-likeness (QED) is 0.726. The number of aromatic nitrogens is 3. The molecule has 0 radical (unpaired) electrons. The Labute approximate surface area is 129 Å².